The first kappa shape index (κ1) is 14.4. The number of benzene rings is 1. The molecule has 0 unspecified atom stereocenters. The van der Waals surface area contributed by atoms with Gasteiger partial charge < -0.3 is 4.90 Å². The number of hydrogen-bond donors (Lipinski definition) is 0. The first-order chi connectivity index (χ1) is 9.24. The normalized spacial score (nSPS) is 10.5. The SMILES string of the molecule is CCN(Cc1ccncc1)c1cc(Br)ccc1CCl. The van der Waals surface area contributed by atoms with Gasteiger partial charge in [0.2, 0.25) is 0 Å². The fourth-order valence-corrected chi connectivity index (χ4v) is 2.60. The molecule has 0 spiro atoms. The van der Waals surface area contributed by atoms with E-state index in [2.05, 4.69) is 44.9 Å². The first-order valence-electron chi connectivity index (χ1n) is 6.22. The van der Waals surface area contributed by atoms with Crippen molar-refractivity contribution in [3.8, 4) is 0 Å². The molecule has 0 aliphatic heterocycles. The molecule has 0 atom stereocenters. The van der Waals surface area contributed by atoms with Crippen LogP contribution in [0, 0.1) is 0 Å². The van der Waals surface area contributed by atoms with Crippen LogP contribution in [0.25, 0.3) is 0 Å². The summed E-state index contributed by atoms with van der Waals surface area (Å²) in [5.74, 6) is 0.523. The lowest BCUT2D eigenvalue weighted by molar-refractivity contribution is 0.825. The van der Waals surface area contributed by atoms with Gasteiger partial charge in [-0.05, 0) is 42.3 Å². The minimum atomic E-state index is 0.523. The Balaban J connectivity index is 2.29. The molecule has 0 radical (unpaired) electrons. The highest BCUT2D eigenvalue weighted by molar-refractivity contribution is 9.10. The van der Waals surface area contributed by atoms with E-state index in [0.29, 0.717) is 5.88 Å². The smallest absolute Gasteiger partial charge is 0.0494 e. The second kappa shape index (κ2) is 6.92. The van der Waals surface area contributed by atoms with Gasteiger partial charge >= 0.3 is 0 Å². The second-order valence-corrected chi connectivity index (χ2v) is 5.46. The molecule has 0 saturated carbocycles. The zero-order valence-corrected chi connectivity index (χ0v) is 13.2. The fraction of sp³-hybridized carbons (Fsp3) is 0.267. The van der Waals surface area contributed by atoms with E-state index in [0.717, 1.165) is 23.1 Å². The van der Waals surface area contributed by atoms with Crippen molar-refractivity contribution in [3.05, 3.63) is 58.3 Å². The lowest BCUT2D eigenvalue weighted by Gasteiger charge is -2.25. The van der Waals surface area contributed by atoms with Gasteiger partial charge in [-0.15, -0.1) is 11.6 Å². The summed E-state index contributed by atoms with van der Waals surface area (Å²) in [5.41, 5.74) is 3.59. The number of anilines is 1. The van der Waals surface area contributed by atoms with E-state index in [1.54, 1.807) is 0 Å². The second-order valence-electron chi connectivity index (χ2n) is 4.28. The molecule has 0 bridgehead atoms. The van der Waals surface area contributed by atoms with Crippen molar-refractivity contribution in [2.24, 2.45) is 0 Å². The monoisotopic (exact) mass is 338 g/mol. The van der Waals surface area contributed by atoms with Crippen LogP contribution >= 0.6 is 27.5 Å². The van der Waals surface area contributed by atoms with E-state index in [1.807, 2.05) is 30.6 Å². The Morgan fingerprint density at radius 3 is 2.58 bits per heavy atom. The maximum atomic E-state index is 6.04. The average molecular weight is 340 g/mol. The average Bonchev–Trinajstić information content (AvgIpc) is 2.46. The minimum Gasteiger partial charge on any atom is -0.367 e. The van der Waals surface area contributed by atoms with Gasteiger partial charge in [-0.2, -0.15) is 0 Å². The Morgan fingerprint density at radius 2 is 1.95 bits per heavy atom. The Kier molecular flexibility index (Phi) is 5.23. The summed E-state index contributed by atoms with van der Waals surface area (Å²) < 4.78 is 1.07. The van der Waals surface area contributed by atoms with Crippen molar-refractivity contribution >= 4 is 33.2 Å². The Bertz CT molecular complexity index is 531. The molecular weight excluding hydrogens is 324 g/mol. The third-order valence-corrected chi connectivity index (χ3v) is 3.82. The van der Waals surface area contributed by atoms with Gasteiger partial charge in [0.15, 0.2) is 0 Å². The first-order valence-corrected chi connectivity index (χ1v) is 7.55. The van der Waals surface area contributed by atoms with Crippen molar-refractivity contribution in [3.63, 3.8) is 0 Å². The number of pyridine rings is 1. The topological polar surface area (TPSA) is 16.1 Å². The largest absolute Gasteiger partial charge is 0.367 e. The molecule has 2 nitrogen and oxygen atoms in total. The van der Waals surface area contributed by atoms with Crippen LogP contribution in [0.5, 0.6) is 0 Å². The molecule has 19 heavy (non-hydrogen) atoms. The Morgan fingerprint density at radius 1 is 1.21 bits per heavy atom. The van der Waals surface area contributed by atoms with Crippen LogP contribution in [0.15, 0.2) is 47.2 Å². The summed E-state index contributed by atoms with van der Waals surface area (Å²) in [6.45, 7) is 3.95. The third kappa shape index (κ3) is 3.71. The zero-order valence-electron chi connectivity index (χ0n) is 10.8. The van der Waals surface area contributed by atoms with Gasteiger partial charge in [-0.25, -0.2) is 0 Å². The summed E-state index contributed by atoms with van der Waals surface area (Å²) in [6.07, 6.45) is 3.65. The summed E-state index contributed by atoms with van der Waals surface area (Å²) in [6, 6.07) is 10.3. The van der Waals surface area contributed by atoms with Crippen molar-refractivity contribution in [2.45, 2.75) is 19.3 Å². The molecule has 2 aromatic rings. The molecule has 0 N–H and O–H groups in total. The number of rotatable bonds is 5. The molecule has 0 saturated heterocycles. The molecule has 4 heteroatoms. The quantitative estimate of drug-likeness (QED) is 0.740. The van der Waals surface area contributed by atoms with E-state index in [-0.39, 0.29) is 0 Å². The number of halogens is 2. The lowest BCUT2D eigenvalue weighted by atomic mass is 10.1. The highest BCUT2D eigenvalue weighted by atomic mass is 79.9. The maximum absolute atomic E-state index is 6.04. The molecule has 2 rings (SSSR count). The molecule has 1 aromatic carbocycles. The number of hydrogen-bond acceptors (Lipinski definition) is 2. The van der Waals surface area contributed by atoms with Crippen LogP contribution in [0.3, 0.4) is 0 Å². The van der Waals surface area contributed by atoms with Gasteiger partial charge in [0, 0.05) is 41.5 Å². The minimum absolute atomic E-state index is 0.523. The summed E-state index contributed by atoms with van der Waals surface area (Å²) >= 11 is 9.57. The molecule has 0 amide bonds. The van der Waals surface area contributed by atoms with E-state index in [1.165, 1.54) is 11.3 Å². The summed E-state index contributed by atoms with van der Waals surface area (Å²) in [4.78, 5) is 6.37. The standard InChI is InChI=1S/C15H16BrClN2/c1-2-19(11-12-5-7-18-8-6-12)15-9-14(16)4-3-13(15)10-17/h3-9H,2,10-11H2,1H3. The number of aromatic nitrogens is 1. The van der Waals surface area contributed by atoms with Crippen molar-refractivity contribution in [1.82, 2.24) is 4.98 Å². The van der Waals surface area contributed by atoms with E-state index in [4.69, 9.17) is 11.6 Å². The van der Waals surface area contributed by atoms with Crippen LogP contribution in [0.2, 0.25) is 0 Å². The lowest BCUT2D eigenvalue weighted by Crippen LogP contribution is -2.23. The summed E-state index contributed by atoms with van der Waals surface area (Å²) in [7, 11) is 0. The maximum Gasteiger partial charge on any atom is 0.0494 e. The van der Waals surface area contributed by atoms with Crippen LogP contribution in [0.4, 0.5) is 5.69 Å². The van der Waals surface area contributed by atoms with Crippen molar-refractivity contribution < 1.29 is 0 Å². The third-order valence-electron chi connectivity index (χ3n) is 3.04. The van der Waals surface area contributed by atoms with Crippen LogP contribution in [-0.2, 0) is 12.4 Å². The zero-order chi connectivity index (χ0) is 13.7. The molecule has 0 aliphatic rings. The highest BCUT2D eigenvalue weighted by Crippen LogP contribution is 2.27. The van der Waals surface area contributed by atoms with Gasteiger partial charge in [0.05, 0.1) is 0 Å². The molecule has 100 valence electrons. The fourth-order valence-electron chi connectivity index (χ4n) is 2.02. The number of nitrogens with zero attached hydrogens (tertiary/aromatic N) is 2. The van der Waals surface area contributed by atoms with Crippen molar-refractivity contribution in [1.29, 1.82) is 0 Å². The molecule has 0 aliphatic carbocycles. The number of alkyl halides is 1. The van der Waals surface area contributed by atoms with Crippen LogP contribution in [-0.4, -0.2) is 11.5 Å². The van der Waals surface area contributed by atoms with Crippen LogP contribution in [0.1, 0.15) is 18.1 Å². The molecule has 1 aromatic heterocycles. The summed E-state index contributed by atoms with van der Waals surface area (Å²) in [5, 5.41) is 0. The van der Waals surface area contributed by atoms with E-state index < -0.39 is 0 Å². The molecule has 0 fully saturated rings. The Labute approximate surface area is 127 Å². The molecular formula is C15H16BrClN2. The van der Waals surface area contributed by atoms with Gasteiger partial charge in [-0.3, -0.25) is 4.98 Å². The van der Waals surface area contributed by atoms with Gasteiger partial charge in [0.1, 0.15) is 0 Å². The van der Waals surface area contributed by atoms with E-state index in [9.17, 15) is 0 Å². The highest BCUT2D eigenvalue weighted by Gasteiger charge is 2.10. The van der Waals surface area contributed by atoms with Crippen LogP contribution < -0.4 is 4.90 Å². The van der Waals surface area contributed by atoms with Gasteiger partial charge in [-0.1, -0.05) is 22.0 Å². The predicted molar refractivity (Wildman–Crippen MR) is 84.7 cm³/mol. The van der Waals surface area contributed by atoms with E-state index >= 15 is 0 Å². The predicted octanol–water partition coefficient (Wildman–Crippen LogP) is 4.61. The van der Waals surface area contributed by atoms with Gasteiger partial charge in [0.25, 0.3) is 0 Å². The van der Waals surface area contributed by atoms with Crippen molar-refractivity contribution in [2.75, 3.05) is 11.4 Å². The Hall–Kier alpha value is -1.06. The molecule has 1 heterocycles.